The molecule has 0 atom stereocenters. The molecule has 0 spiro atoms. The van der Waals surface area contributed by atoms with Crippen LogP contribution in [0.1, 0.15) is 5.56 Å². The van der Waals surface area contributed by atoms with Gasteiger partial charge in [-0.3, -0.25) is 0 Å². The summed E-state index contributed by atoms with van der Waals surface area (Å²) >= 11 is 0.802. The SMILES string of the molecule is CN(Cc1ccc(F)cc1)S(=O)(=O)c1nnc(N)s1. The van der Waals surface area contributed by atoms with Crippen LogP contribution in [-0.2, 0) is 16.6 Å². The Hall–Kier alpha value is -1.58. The van der Waals surface area contributed by atoms with E-state index in [1.54, 1.807) is 0 Å². The third-order valence-electron chi connectivity index (χ3n) is 2.37. The predicted octanol–water partition coefficient (Wildman–Crippen LogP) is 1.08. The molecule has 102 valence electrons. The highest BCUT2D eigenvalue weighted by molar-refractivity contribution is 7.91. The quantitative estimate of drug-likeness (QED) is 0.913. The number of anilines is 1. The fraction of sp³-hybridized carbons (Fsp3) is 0.200. The molecule has 0 amide bonds. The number of aromatic nitrogens is 2. The lowest BCUT2D eigenvalue weighted by molar-refractivity contribution is 0.465. The molecule has 2 rings (SSSR count). The maximum absolute atomic E-state index is 12.8. The Labute approximate surface area is 113 Å². The van der Waals surface area contributed by atoms with E-state index in [1.807, 2.05) is 0 Å². The third-order valence-corrected chi connectivity index (χ3v) is 5.27. The van der Waals surface area contributed by atoms with E-state index in [1.165, 1.54) is 31.3 Å². The van der Waals surface area contributed by atoms with E-state index in [2.05, 4.69) is 10.2 Å². The Balaban J connectivity index is 2.19. The highest BCUT2D eigenvalue weighted by Crippen LogP contribution is 2.21. The van der Waals surface area contributed by atoms with Gasteiger partial charge in [0.15, 0.2) is 0 Å². The van der Waals surface area contributed by atoms with Crippen LogP contribution in [0.4, 0.5) is 9.52 Å². The molecule has 0 aliphatic rings. The number of halogens is 1. The summed E-state index contributed by atoms with van der Waals surface area (Å²) in [5.41, 5.74) is 6.04. The van der Waals surface area contributed by atoms with Gasteiger partial charge in [-0.05, 0) is 17.7 Å². The fourth-order valence-corrected chi connectivity index (χ4v) is 3.52. The average molecular weight is 302 g/mol. The second-order valence-corrected chi connectivity index (χ2v) is 7.02. The minimum Gasteiger partial charge on any atom is -0.374 e. The summed E-state index contributed by atoms with van der Waals surface area (Å²) in [6, 6.07) is 5.60. The zero-order valence-corrected chi connectivity index (χ0v) is 11.6. The van der Waals surface area contributed by atoms with Crippen molar-refractivity contribution in [2.45, 2.75) is 10.9 Å². The Morgan fingerprint density at radius 2 is 1.95 bits per heavy atom. The summed E-state index contributed by atoms with van der Waals surface area (Å²) in [6.45, 7) is 0.113. The summed E-state index contributed by atoms with van der Waals surface area (Å²) in [4.78, 5) is 0. The second kappa shape index (κ2) is 5.19. The Bertz CT molecular complexity index is 669. The largest absolute Gasteiger partial charge is 0.374 e. The molecule has 0 saturated heterocycles. The molecule has 1 aromatic heterocycles. The van der Waals surface area contributed by atoms with E-state index >= 15 is 0 Å². The first-order valence-corrected chi connectivity index (χ1v) is 7.45. The summed E-state index contributed by atoms with van der Waals surface area (Å²) in [5.74, 6) is -0.369. The Morgan fingerprint density at radius 3 is 2.47 bits per heavy atom. The molecule has 1 heterocycles. The van der Waals surface area contributed by atoms with Gasteiger partial charge in [0.05, 0.1) is 0 Å². The maximum atomic E-state index is 12.8. The topological polar surface area (TPSA) is 89.2 Å². The number of hydrogen-bond acceptors (Lipinski definition) is 6. The van der Waals surface area contributed by atoms with Crippen LogP contribution in [0.3, 0.4) is 0 Å². The smallest absolute Gasteiger partial charge is 0.272 e. The van der Waals surface area contributed by atoms with Crippen LogP contribution in [0, 0.1) is 5.82 Å². The molecule has 6 nitrogen and oxygen atoms in total. The summed E-state index contributed by atoms with van der Waals surface area (Å²) in [5, 5.41) is 7.08. The molecule has 0 unspecified atom stereocenters. The van der Waals surface area contributed by atoms with Crippen LogP contribution < -0.4 is 5.73 Å². The van der Waals surface area contributed by atoms with E-state index < -0.39 is 10.0 Å². The van der Waals surface area contributed by atoms with Crippen molar-refractivity contribution in [2.24, 2.45) is 0 Å². The first-order valence-electron chi connectivity index (χ1n) is 5.19. The zero-order chi connectivity index (χ0) is 14.0. The van der Waals surface area contributed by atoms with Crippen molar-refractivity contribution in [3.8, 4) is 0 Å². The molecule has 2 N–H and O–H groups in total. The van der Waals surface area contributed by atoms with Crippen LogP contribution >= 0.6 is 11.3 Å². The predicted molar refractivity (Wildman–Crippen MR) is 69.4 cm³/mol. The van der Waals surface area contributed by atoms with E-state index in [-0.39, 0.29) is 21.8 Å². The molecule has 0 saturated carbocycles. The molecule has 9 heteroatoms. The molecular weight excluding hydrogens is 291 g/mol. The summed E-state index contributed by atoms with van der Waals surface area (Å²) in [6.07, 6.45) is 0. The van der Waals surface area contributed by atoms with Crippen molar-refractivity contribution in [1.29, 1.82) is 0 Å². The normalized spacial score (nSPS) is 11.9. The van der Waals surface area contributed by atoms with Gasteiger partial charge in [0.25, 0.3) is 10.0 Å². The number of nitrogen functional groups attached to an aromatic ring is 1. The molecule has 0 radical (unpaired) electrons. The molecule has 0 bridgehead atoms. The highest BCUT2D eigenvalue weighted by atomic mass is 32.2. The van der Waals surface area contributed by atoms with Gasteiger partial charge in [0.2, 0.25) is 9.47 Å². The Kier molecular flexibility index (Phi) is 3.78. The minimum absolute atomic E-state index is 0.0914. The van der Waals surface area contributed by atoms with Gasteiger partial charge in [0, 0.05) is 13.6 Å². The van der Waals surface area contributed by atoms with Crippen molar-refractivity contribution < 1.29 is 12.8 Å². The molecule has 19 heavy (non-hydrogen) atoms. The fourth-order valence-electron chi connectivity index (χ4n) is 1.39. The molecule has 1 aromatic carbocycles. The van der Waals surface area contributed by atoms with Gasteiger partial charge in [-0.25, -0.2) is 12.8 Å². The number of rotatable bonds is 4. The van der Waals surface area contributed by atoms with Crippen LogP contribution in [0.25, 0.3) is 0 Å². The molecule has 2 aromatic rings. The van der Waals surface area contributed by atoms with Gasteiger partial charge in [-0.1, -0.05) is 23.5 Å². The lowest BCUT2D eigenvalue weighted by atomic mass is 10.2. The number of nitrogens with zero attached hydrogens (tertiary/aromatic N) is 3. The molecular formula is C10H11FN4O2S2. The number of sulfonamides is 1. The van der Waals surface area contributed by atoms with Gasteiger partial charge >= 0.3 is 0 Å². The Morgan fingerprint density at radius 1 is 1.32 bits per heavy atom. The van der Waals surface area contributed by atoms with E-state index in [0.717, 1.165) is 15.6 Å². The van der Waals surface area contributed by atoms with Crippen molar-refractivity contribution in [2.75, 3.05) is 12.8 Å². The summed E-state index contributed by atoms with van der Waals surface area (Å²) in [7, 11) is -2.31. The number of nitrogens with two attached hydrogens (primary N) is 1. The van der Waals surface area contributed by atoms with Crippen LogP contribution in [0.5, 0.6) is 0 Å². The van der Waals surface area contributed by atoms with Crippen molar-refractivity contribution in [3.05, 3.63) is 35.6 Å². The molecule has 0 aliphatic carbocycles. The van der Waals surface area contributed by atoms with Crippen LogP contribution in [-0.4, -0.2) is 30.0 Å². The number of benzene rings is 1. The molecule has 0 fully saturated rings. The lowest BCUT2D eigenvalue weighted by Gasteiger charge is -2.14. The minimum atomic E-state index is -3.72. The number of hydrogen-bond donors (Lipinski definition) is 1. The first kappa shape index (κ1) is 13.8. The van der Waals surface area contributed by atoms with Gasteiger partial charge in [0.1, 0.15) is 5.82 Å². The lowest BCUT2D eigenvalue weighted by Crippen LogP contribution is -2.26. The van der Waals surface area contributed by atoms with Crippen LogP contribution in [0.15, 0.2) is 28.6 Å². The zero-order valence-electron chi connectivity index (χ0n) is 9.95. The van der Waals surface area contributed by atoms with Crippen molar-refractivity contribution in [3.63, 3.8) is 0 Å². The standard InChI is InChI=1S/C10H11FN4O2S2/c1-15(6-7-2-4-8(11)5-3-7)19(16,17)10-14-13-9(12)18-10/h2-5H,6H2,1H3,(H2,12,13). The summed E-state index contributed by atoms with van der Waals surface area (Å²) < 4.78 is 38.0. The van der Waals surface area contributed by atoms with E-state index in [0.29, 0.717) is 5.56 Å². The molecule has 0 aliphatic heterocycles. The third kappa shape index (κ3) is 3.06. The van der Waals surface area contributed by atoms with Crippen molar-refractivity contribution >= 4 is 26.5 Å². The second-order valence-electron chi connectivity index (χ2n) is 3.79. The average Bonchev–Trinajstić information content (AvgIpc) is 2.79. The van der Waals surface area contributed by atoms with E-state index in [4.69, 9.17) is 5.73 Å². The van der Waals surface area contributed by atoms with Crippen LogP contribution in [0.2, 0.25) is 0 Å². The monoisotopic (exact) mass is 302 g/mol. The van der Waals surface area contributed by atoms with Gasteiger partial charge < -0.3 is 5.73 Å². The van der Waals surface area contributed by atoms with Gasteiger partial charge in [-0.15, -0.1) is 10.2 Å². The van der Waals surface area contributed by atoms with E-state index in [9.17, 15) is 12.8 Å². The highest BCUT2D eigenvalue weighted by Gasteiger charge is 2.25. The first-order chi connectivity index (χ1) is 8.89. The maximum Gasteiger partial charge on any atom is 0.272 e. The van der Waals surface area contributed by atoms with Gasteiger partial charge in [-0.2, -0.15) is 4.31 Å². The van der Waals surface area contributed by atoms with Crippen molar-refractivity contribution in [1.82, 2.24) is 14.5 Å².